The molecule has 7 heterocycles. The van der Waals surface area contributed by atoms with Crippen molar-refractivity contribution in [3.05, 3.63) is 83.4 Å². The van der Waals surface area contributed by atoms with E-state index in [1.165, 1.54) is 12.3 Å². The second kappa shape index (κ2) is 42.9. The van der Waals surface area contributed by atoms with Crippen molar-refractivity contribution in [2.45, 2.75) is 298 Å². The number of aliphatic hydroxyl groups is 2. The summed E-state index contributed by atoms with van der Waals surface area (Å²) in [7, 11) is 0. The molecule has 0 bridgehead atoms. The van der Waals surface area contributed by atoms with Crippen LogP contribution in [-0.2, 0) is 106 Å². The normalized spacial score (nSPS) is 17.1. The summed E-state index contributed by atoms with van der Waals surface area (Å²) < 4.78 is 122. The molecule has 4 aliphatic heterocycles. The third kappa shape index (κ3) is 34.7. The molecule has 6 atom stereocenters. The SMILES string of the molecule is CC(C)(C)OC(=O)NC[C@H](O)Cn1cc(-c2ccc3c(c2)CC[C@H]([C@](C)(O/N=C(\C(=O)O)c2csc(NC(=O)OC(C)(C)C)n2)C(=O)OC(C)(C)C)O3)c[n+]1CC1CN(C(=O)OC(C)(C)C)C1.CC(C)(C)OC(=O)NC[C@H](O)Cn1cc(-c2ccc3c(c2)CC[C@H]([C@](C)(ON)C(=O)OC(C)(C)C)O3)c[n+]1CC1CN(C(=O)OC(C)(C)C)C1.O=C([O-])C(F)(F)F.O=C([O-])C(F)(F)F. The first-order valence-electron chi connectivity index (χ1n) is 41.7. The zero-order valence-corrected chi connectivity index (χ0v) is 78.6. The molecule has 45 heteroatoms. The number of likely N-dealkylation sites (tertiary alicyclic amines) is 2. The smallest absolute Gasteiger partial charge is 0.430 e. The Morgan fingerprint density at radius 1 is 0.527 bits per heavy atom. The lowest BCUT2D eigenvalue weighted by atomic mass is 9.89. The number of hydrogen-bond acceptors (Lipinski definition) is 29. The Morgan fingerprint density at radius 3 is 1.21 bits per heavy atom. The van der Waals surface area contributed by atoms with Crippen molar-refractivity contribution in [3.8, 4) is 33.8 Å². The molecule has 5 aromatic rings. The molecule has 38 nitrogen and oxygen atoms in total. The Hall–Kier alpha value is -11.3. The number of amides is 5. The minimum Gasteiger partial charge on any atom is -0.542 e. The Labute approximate surface area is 758 Å². The van der Waals surface area contributed by atoms with Crippen LogP contribution < -0.4 is 50.9 Å². The predicted molar refractivity (Wildman–Crippen MR) is 452 cm³/mol. The van der Waals surface area contributed by atoms with Crippen LogP contribution >= 0.6 is 11.3 Å². The second-order valence-corrected chi connectivity index (χ2v) is 39.7. The van der Waals surface area contributed by atoms with E-state index in [1.54, 1.807) is 127 Å². The van der Waals surface area contributed by atoms with Gasteiger partial charge in [0, 0.05) is 44.6 Å². The first-order valence-corrected chi connectivity index (χ1v) is 42.6. The minimum atomic E-state index is -5.19. The summed E-state index contributed by atoms with van der Waals surface area (Å²) in [6, 6.07) is 11.5. The number of thiazole rings is 1. The molecule has 2 saturated heterocycles. The summed E-state index contributed by atoms with van der Waals surface area (Å²) in [5, 5.41) is 62.8. The van der Waals surface area contributed by atoms with Crippen LogP contribution in [-0.4, -0.2) is 232 Å². The number of alkyl halides is 6. The highest BCUT2D eigenvalue weighted by Crippen LogP contribution is 2.40. The summed E-state index contributed by atoms with van der Waals surface area (Å²) in [5.41, 5.74) is -3.87. The predicted octanol–water partition coefficient (Wildman–Crippen LogP) is 8.77. The average Bonchev–Trinajstić information content (AvgIpc) is 1.77. The number of alkyl carbamates (subject to hydrolysis) is 2. The van der Waals surface area contributed by atoms with Gasteiger partial charge in [-0.2, -0.15) is 35.7 Å². The first kappa shape index (κ1) is 108. The van der Waals surface area contributed by atoms with Crippen molar-refractivity contribution in [1.29, 1.82) is 0 Å². The number of anilines is 1. The van der Waals surface area contributed by atoms with Crippen LogP contribution in [0.5, 0.6) is 11.5 Å². The molecule has 2 aromatic carbocycles. The van der Waals surface area contributed by atoms with Crippen molar-refractivity contribution >= 4 is 82.5 Å². The number of nitrogens with two attached hydrogens (primary N) is 1. The molecule has 0 aliphatic carbocycles. The molecule has 131 heavy (non-hydrogen) atoms. The number of nitrogens with one attached hydrogen (secondary N) is 3. The van der Waals surface area contributed by atoms with Gasteiger partial charge in [-0.05, 0) is 231 Å². The fraction of sp³-hybridized carbons (Fsp3) is 0.628. The fourth-order valence-corrected chi connectivity index (χ4v) is 13.4. The van der Waals surface area contributed by atoms with Gasteiger partial charge >= 0.3 is 60.7 Å². The molecule has 8 N–H and O–H groups in total. The van der Waals surface area contributed by atoms with Gasteiger partial charge in [0.1, 0.15) is 87.5 Å². The maximum atomic E-state index is 13.9. The van der Waals surface area contributed by atoms with Crippen LogP contribution in [0.1, 0.15) is 189 Å². The highest BCUT2D eigenvalue weighted by atomic mass is 32.1. The van der Waals surface area contributed by atoms with Crippen molar-refractivity contribution in [3.63, 3.8) is 0 Å². The van der Waals surface area contributed by atoms with E-state index in [1.807, 2.05) is 109 Å². The molecule has 730 valence electrons. The summed E-state index contributed by atoms with van der Waals surface area (Å²) in [4.78, 5) is 138. The third-order valence-electron chi connectivity index (χ3n) is 18.6. The van der Waals surface area contributed by atoms with E-state index in [-0.39, 0.29) is 67.4 Å². The number of ether oxygens (including phenoxy) is 9. The number of carbonyl (C=O) groups is 10. The lowest BCUT2D eigenvalue weighted by molar-refractivity contribution is -0.782. The first-order chi connectivity index (χ1) is 59.8. The van der Waals surface area contributed by atoms with Crippen molar-refractivity contribution < 1.29 is 161 Å². The highest BCUT2D eigenvalue weighted by Gasteiger charge is 2.52. The molecule has 4 aliphatic rings. The van der Waals surface area contributed by atoms with Gasteiger partial charge < -0.3 is 103 Å². The number of aliphatic carboxylic acids is 3. The van der Waals surface area contributed by atoms with Gasteiger partial charge in [-0.3, -0.25) is 10.2 Å². The van der Waals surface area contributed by atoms with Gasteiger partial charge in [0.2, 0.25) is 23.7 Å². The van der Waals surface area contributed by atoms with Gasteiger partial charge in [0.25, 0.3) is 5.60 Å². The van der Waals surface area contributed by atoms with E-state index in [0.29, 0.717) is 70.0 Å². The van der Waals surface area contributed by atoms with Crippen LogP contribution in [0.4, 0.5) is 55.4 Å². The van der Waals surface area contributed by atoms with Crippen LogP contribution in [0.15, 0.2) is 71.7 Å². The molecule has 3 aromatic heterocycles. The van der Waals surface area contributed by atoms with E-state index in [2.05, 4.69) is 32.2 Å². The number of carboxylic acids is 3. The fourth-order valence-electron chi connectivity index (χ4n) is 12.7. The highest BCUT2D eigenvalue weighted by molar-refractivity contribution is 7.14. The number of aryl methyl sites for hydroxylation is 2. The van der Waals surface area contributed by atoms with Crippen LogP contribution in [0.3, 0.4) is 0 Å². The molecule has 5 amide bonds. The molecular weight excluding hydrogens is 1760 g/mol. The van der Waals surface area contributed by atoms with E-state index in [0.717, 1.165) is 44.7 Å². The van der Waals surface area contributed by atoms with Crippen LogP contribution in [0.25, 0.3) is 22.3 Å². The number of nitrogens with zero attached hydrogens (tertiary/aromatic N) is 8. The summed E-state index contributed by atoms with van der Waals surface area (Å²) in [6.45, 7) is 43.6. The largest absolute Gasteiger partial charge is 0.542 e. The Balaban J connectivity index is 0.000000361. The van der Waals surface area contributed by atoms with Gasteiger partial charge in [0.15, 0.2) is 24.3 Å². The summed E-state index contributed by atoms with van der Waals surface area (Å²) in [5.74, 6) is -1.92. The lowest BCUT2D eigenvalue weighted by Crippen LogP contribution is -2.58. The number of rotatable bonds is 24. The van der Waals surface area contributed by atoms with Crippen molar-refractivity contribution in [1.82, 2.24) is 34.8 Å². The molecule has 0 unspecified atom stereocenters. The van der Waals surface area contributed by atoms with E-state index >= 15 is 0 Å². The number of aliphatic hydroxyl groups excluding tert-OH is 2. The van der Waals surface area contributed by atoms with E-state index < -0.39 is 141 Å². The van der Waals surface area contributed by atoms with Crippen molar-refractivity contribution in [2.75, 3.05) is 44.6 Å². The number of carboxylic acid groups (broad SMARTS) is 3. The molecule has 2 fully saturated rings. The number of esters is 2. The number of fused-ring (bicyclic) bond motifs is 2. The number of halogens is 6. The minimum absolute atomic E-state index is 0.00432. The van der Waals surface area contributed by atoms with E-state index in [9.17, 15) is 80.0 Å². The van der Waals surface area contributed by atoms with E-state index in [4.69, 9.17) is 78.0 Å². The van der Waals surface area contributed by atoms with Gasteiger partial charge in [-0.1, -0.05) is 17.3 Å². The summed E-state index contributed by atoms with van der Waals surface area (Å²) in [6.07, 6.45) is -7.00. The average molecular weight is 1890 g/mol. The zero-order valence-electron chi connectivity index (χ0n) is 77.8. The number of aromatic nitrogens is 5. The number of carbonyl (C=O) groups excluding carboxylic acids is 9. The van der Waals surface area contributed by atoms with Gasteiger partial charge in [0.05, 0.1) is 47.6 Å². The van der Waals surface area contributed by atoms with Crippen molar-refractivity contribution in [2.24, 2.45) is 22.9 Å². The zero-order chi connectivity index (χ0) is 99.3. The second-order valence-electron chi connectivity index (χ2n) is 38.8. The third-order valence-corrected chi connectivity index (χ3v) is 19.3. The quantitative estimate of drug-likeness (QED) is 0.00757. The Morgan fingerprint density at radius 2 is 0.870 bits per heavy atom. The van der Waals surface area contributed by atoms with Gasteiger partial charge in [-0.25, -0.2) is 49.2 Å². The Kier molecular flexibility index (Phi) is 35.5. The Bertz CT molecular complexity index is 4810. The maximum Gasteiger partial charge on any atom is 0.430 e. The van der Waals surface area contributed by atoms with Crippen LogP contribution in [0, 0.1) is 11.8 Å². The molecule has 0 radical (unpaired) electrons. The molecule has 0 spiro atoms. The van der Waals surface area contributed by atoms with Crippen LogP contribution in [0.2, 0.25) is 0 Å². The molecular formula is C86H122F6N12O26S. The summed E-state index contributed by atoms with van der Waals surface area (Å²) >= 11 is 0.946. The lowest BCUT2D eigenvalue weighted by Gasteiger charge is -2.38. The number of benzene rings is 2. The van der Waals surface area contributed by atoms with Gasteiger partial charge in [-0.15, -0.1) is 20.7 Å². The molecule has 0 saturated carbocycles. The molecule has 9 rings (SSSR count). The number of oxime groups is 1. The monoisotopic (exact) mass is 1880 g/mol. The topological polar surface area (TPSA) is 490 Å². The maximum absolute atomic E-state index is 13.9. The number of hydrogen-bond donors (Lipinski definition) is 7. The standard InChI is InChI=1S/C46H65N7O13S.C36H55N5O9.2C2HF3O2/c1-42(2,3)62-37(57)46(13,66-50-35(36(55)56)32-26-67-38(48-32)49-40(59)64-44(7,8)9)34-17-15-29-18-28(14-16-33(29)61-34)30-23-52(22-27-20-51(21-27)41(60)65-45(10,11)12)53(24-30)25-31(54)19-47-39(58)63-43(4,5)6;1-33(2,3)47-30(43)36(10,50-37)29-14-12-25-15-24(11-13-28(25)46-29)26-20-40(19-23-17-39(18-23)32(45)49-35(7,8)9)41(21-26)22-27(42)16-38-31(44)48-34(4,5)6;2*3-2(4,5)1(6)7/h14,16,18,23-24,26-27,31,34,54H,15,17,19-22,25H2,1-13H3,(H2-,47,48,49,55,56,58,59);11,13,15,20-21,23,27,29,42H,12,14,16-19,22,37H2,1-10H3;2*(H,6,7)/b50-35-;;;/t31-,34+,46-;27-,29+,36-;;/m00../s1.